The maximum absolute atomic E-state index is 11.4. The third-order valence-corrected chi connectivity index (χ3v) is 2.06. The second-order valence-electron chi connectivity index (χ2n) is 3.26. The van der Waals surface area contributed by atoms with E-state index in [1.807, 2.05) is 14.0 Å². The van der Waals surface area contributed by atoms with Gasteiger partial charge in [0.1, 0.15) is 6.04 Å². The van der Waals surface area contributed by atoms with E-state index in [0.29, 0.717) is 12.8 Å². The smallest absolute Gasteiger partial charge is 0.328 e. The van der Waals surface area contributed by atoms with Crippen molar-refractivity contribution in [1.82, 2.24) is 10.6 Å². The van der Waals surface area contributed by atoms with Gasteiger partial charge in [0.15, 0.2) is 0 Å². The van der Waals surface area contributed by atoms with Crippen LogP contribution in [-0.4, -0.2) is 38.6 Å². The first-order chi connectivity index (χ1) is 7.15. The van der Waals surface area contributed by atoms with Gasteiger partial charge in [0.25, 0.3) is 0 Å². The van der Waals surface area contributed by atoms with E-state index in [2.05, 4.69) is 15.4 Å². The van der Waals surface area contributed by atoms with Crippen molar-refractivity contribution in [3.8, 4) is 0 Å². The van der Waals surface area contributed by atoms with E-state index in [0.717, 1.165) is 13.0 Å². The molecule has 0 aliphatic rings. The van der Waals surface area contributed by atoms with Gasteiger partial charge in [0.05, 0.1) is 7.11 Å². The van der Waals surface area contributed by atoms with Gasteiger partial charge < -0.3 is 15.4 Å². The molecule has 0 aliphatic heterocycles. The van der Waals surface area contributed by atoms with Crippen molar-refractivity contribution in [2.75, 3.05) is 20.7 Å². The van der Waals surface area contributed by atoms with Crippen LogP contribution >= 0.6 is 0 Å². The van der Waals surface area contributed by atoms with Crippen molar-refractivity contribution in [3.05, 3.63) is 0 Å². The largest absolute Gasteiger partial charge is 0.467 e. The first-order valence-corrected chi connectivity index (χ1v) is 5.17. The maximum Gasteiger partial charge on any atom is 0.328 e. The predicted octanol–water partition coefficient (Wildman–Crippen LogP) is 0.0538. The van der Waals surface area contributed by atoms with E-state index in [9.17, 15) is 9.59 Å². The molecule has 0 heterocycles. The van der Waals surface area contributed by atoms with Gasteiger partial charge in [-0.25, -0.2) is 4.79 Å². The fourth-order valence-electron chi connectivity index (χ4n) is 1.16. The molecule has 0 bridgehead atoms. The molecule has 0 rings (SSSR count). The molecule has 0 aromatic rings. The molecule has 0 fully saturated rings. The Labute approximate surface area is 90.6 Å². The Hall–Kier alpha value is -1.10. The topological polar surface area (TPSA) is 67.4 Å². The zero-order valence-corrected chi connectivity index (χ0v) is 9.63. The highest BCUT2D eigenvalue weighted by Gasteiger charge is 2.18. The Bertz CT molecular complexity index is 207. The van der Waals surface area contributed by atoms with Crippen LogP contribution in [-0.2, 0) is 14.3 Å². The third kappa shape index (κ3) is 6.06. The van der Waals surface area contributed by atoms with Gasteiger partial charge in [-0.3, -0.25) is 4.79 Å². The summed E-state index contributed by atoms with van der Waals surface area (Å²) in [6.07, 6.45) is 1.73. The van der Waals surface area contributed by atoms with Crippen LogP contribution in [0.1, 0.15) is 26.2 Å². The number of ether oxygens (including phenoxy) is 1. The molecule has 2 N–H and O–H groups in total. The van der Waals surface area contributed by atoms with Crippen molar-refractivity contribution in [2.45, 2.75) is 32.2 Å². The Morgan fingerprint density at radius 3 is 2.53 bits per heavy atom. The molecule has 0 saturated heterocycles. The molecule has 0 saturated carbocycles. The first kappa shape index (κ1) is 13.9. The molecule has 88 valence electrons. The molecule has 1 atom stereocenters. The molecule has 5 heteroatoms. The lowest BCUT2D eigenvalue weighted by Gasteiger charge is -2.14. The van der Waals surface area contributed by atoms with Crippen LogP contribution in [0.25, 0.3) is 0 Å². The van der Waals surface area contributed by atoms with Crippen LogP contribution in [0.2, 0.25) is 0 Å². The van der Waals surface area contributed by atoms with E-state index in [-0.39, 0.29) is 11.9 Å². The van der Waals surface area contributed by atoms with Crippen molar-refractivity contribution in [3.63, 3.8) is 0 Å². The van der Waals surface area contributed by atoms with Gasteiger partial charge in [-0.15, -0.1) is 0 Å². The summed E-state index contributed by atoms with van der Waals surface area (Å²) in [7, 11) is 3.15. The van der Waals surface area contributed by atoms with Gasteiger partial charge in [-0.05, 0) is 26.4 Å². The molecule has 5 nitrogen and oxygen atoms in total. The number of methoxy groups -OCH3 is 1. The molecule has 0 aromatic carbocycles. The second-order valence-corrected chi connectivity index (χ2v) is 3.26. The Kier molecular flexibility index (Phi) is 7.62. The highest BCUT2D eigenvalue weighted by molar-refractivity contribution is 5.84. The number of hydrogen-bond donors (Lipinski definition) is 2. The van der Waals surface area contributed by atoms with Crippen LogP contribution < -0.4 is 10.6 Å². The Balaban J connectivity index is 3.85. The van der Waals surface area contributed by atoms with Crippen LogP contribution in [0.5, 0.6) is 0 Å². The van der Waals surface area contributed by atoms with Gasteiger partial charge in [-0.1, -0.05) is 6.92 Å². The summed E-state index contributed by atoms with van der Waals surface area (Å²) in [6.45, 7) is 2.62. The number of amides is 1. The quantitative estimate of drug-likeness (QED) is 0.466. The first-order valence-electron chi connectivity index (χ1n) is 5.17. The summed E-state index contributed by atoms with van der Waals surface area (Å²) in [4.78, 5) is 22.5. The minimum Gasteiger partial charge on any atom is -0.467 e. The zero-order valence-electron chi connectivity index (χ0n) is 9.63. The lowest BCUT2D eigenvalue weighted by Crippen LogP contribution is -2.41. The monoisotopic (exact) mass is 216 g/mol. The average Bonchev–Trinajstić information content (AvgIpc) is 2.25. The van der Waals surface area contributed by atoms with Gasteiger partial charge in [0, 0.05) is 6.42 Å². The van der Waals surface area contributed by atoms with Crippen LogP contribution in [0.3, 0.4) is 0 Å². The van der Waals surface area contributed by atoms with E-state index in [4.69, 9.17) is 0 Å². The molecule has 1 unspecified atom stereocenters. The maximum atomic E-state index is 11.4. The molecule has 0 radical (unpaired) electrons. The SMILES string of the molecule is CCC(NC(=O)CCCNC)C(=O)OC. The molecular formula is C10H20N2O3. The van der Waals surface area contributed by atoms with Crippen molar-refractivity contribution < 1.29 is 14.3 Å². The fraction of sp³-hybridized carbons (Fsp3) is 0.800. The zero-order chi connectivity index (χ0) is 11.7. The van der Waals surface area contributed by atoms with Crippen LogP contribution in [0.15, 0.2) is 0 Å². The summed E-state index contributed by atoms with van der Waals surface area (Å²) in [6, 6.07) is -0.517. The normalized spacial score (nSPS) is 11.9. The van der Waals surface area contributed by atoms with E-state index >= 15 is 0 Å². The molecule has 0 aromatic heterocycles. The van der Waals surface area contributed by atoms with Crippen LogP contribution in [0, 0.1) is 0 Å². The van der Waals surface area contributed by atoms with Gasteiger partial charge in [0.2, 0.25) is 5.91 Å². The van der Waals surface area contributed by atoms with Crippen molar-refractivity contribution >= 4 is 11.9 Å². The second kappa shape index (κ2) is 8.23. The van der Waals surface area contributed by atoms with Crippen LogP contribution in [0.4, 0.5) is 0 Å². The summed E-state index contributed by atoms with van der Waals surface area (Å²) < 4.78 is 4.56. The van der Waals surface area contributed by atoms with Gasteiger partial charge in [-0.2, -0.15) is 0 Å². The highest BCUT2D eigenvalue weighted by Crippen LogP contribution is 1.96. The summed E-state index contributed by atoms with van der Waals surface area (Å²) >= 11 is 0. The van der Waals surface area contributed by atoms with Gasteiger partial charge >= 0.3 is 5.97 Å². The standard InChI is InChI=1S/C10H20N2O3/c1-4-8(10(14)15-3)12-9(13)6-5-7-11-2/h8,11H,4-7H2,1-3H3,(H,12,13). The molecule has 1 amide bonds. The molecule has 0 spiro atoms. The highest BCUT2D eigenvalue weighted by atomic mass is 16.5. The van der Waals surface area contributed by atoms with E-state index < -0.39 is 6.04 Å². The summed E-state index contributed by atoms with van der Waals surface area (Å²) in [5.74, 6) is -0.498. The minimum atomic E-state index is -0.517. The molecule has 0 aliphatic carbocycles. The lowest BCUT2D eigenvalue weighted by molar-refractivity contribution is -0.145. The average molecular weight is 216 g/mol. The Morgan fingerprint density at radius 1 is 1.40 bits per heavy atom. The fourth-order valence-corrected chi connectivity index (χ4v) is 1.16. The van der Waals surface area contributed by atoms with Crippen molar-refractivity contribution in [2.24, 2.45) is 0 Å². The van der Waals surface area contributed by atoms with E-state index in [1.165, 1.54) is 7.11 Å². The Morgan fingerprint density at radius 2 is 2.07 bits per heavy atom. The number of esters is 1. The summed E-state index contributed by atoms with van der Waals surface area (Å²) in [5.41, 5.74) is 0. The predicted molar refractivity (Wildman–Crippen MR) is 57.4 cm³/mol. The summed E-state index contributed by atoms with van der Waals surface area (Å²) in [5, 5.41) is 5.59. The van der Waals surface area contributed by atoms with Crippen molar-refractivity contribution in [1.29, 1.82) is 0 Å². The van der Waals surface area contributed by atoms with E-state index in [1.54, 1.807) is 0 Å². The number of carbonyl (C=O) groups excluding carboxylic acids is 2. The number of nitrogens with one attached hydrogen (secondary N) is 2. The molecular weight excluding hydrogens is 196 g/mol. The number of rotatable bonds is 7. The third-order valence-electron chi connectivity index (χ3n) is 2.06. The lowest BCUT2D eigenvalue weighted by atomic mass is 10.2. The number of hydrogen-bond acceptors (Lipinski definition) is 4. The number of carbonyl (C=O) groups is 2. The minimum absolute atomic E-state index is 0.109. The molecule has 15 heavy (non-hydrogen) atoms.